The van der Waals surface area contributed by atoms with Gasteiger partial charge in [0.05, 0.1) is 0 Å². The minimum absolute atomic E-state index is 1.02. The second-order valence-electron chi connectivity index (χ2n) is 2.49. The summed E-state index contributed by atoms with van der Waals surface area (Å²) < 4.78 is 0. The second kappa shape index (κ2) is 2.08. The summed E-state index contributed by atoms with van der Waals surface area (Å²) in [6.07, 6.45) is 2.80. The average molecular weight is 116 g/mol. The highest BCUT2D eigenvalue weighted by Crippen LogP contribution is 2.40. The summed E-state index contributed by atoms with van der Waals surface area (Å²) in [4.78, 5) is 0. The molecule has 1 fully saturated rings. The first-order valence-electron chi connectivity index (χ1n) is 2.95. The van der Waals surface area contributed by atoms with Crippen LogP contribution in [0.3, 0.4) is 0 Å². The molecule has 0 aromatic carbocycles. The molecular weight excluding hydrogens is 104 g/mol. The van der Waals surface area contributed by atoms with Crippen LogP contribution >= 0.6 is 12.6 Å². The Morgan fingerprint density at radius 3 is 2.43 bits per heavy atom. The van der Waals surface area contributed by atoms with E-state index in [2.05, 4.69) is 19.6 Å². The summed E-state index contributed by atoms with van der Waals surface area (Å²) in [5.74, 6) is 3.14. The molecule has 0 radical (unpaired) electrons. The maximum absolute atomic E-state index is 4.14. The van der Waals surface area contributed by atoms with Crippen LogP contribution in [-0.4, -0.2) is 5.75 Å². The number of thiol groups is 1. The van der Waals surface area contributed by atoms with Crippen LogP contribution in [0.25, 0.3) is 0 Å². The number of hydrogen-bond donors (Lipinski definition) is 1. The summed E-state index contributed by atoms with van der Waals surface area (Å²) in [7, 11) is 0. The van der Waals surface area contributed by atoms with Crippen LogP contribution in [0.4, 0.5) is 0 Å². The Kier molecular flexibility index (Phi) is 1.63. The Balaban J connectivity index is 1.98. The zero-order chi connectivity index (χ0) is 5.28. The van der Waals surface area contributed by atoms with Gasteiger partial charge in [-0.05, 0) is 30.4 Å². The Bertz CT molecular complexity index is 61.2. The van der Waals surface area contributed by atoms with E-state index in [0.29, 0.717) is 0 Å². The van der Waals surface area contributed by atoms with Crippen molar-refractivity contribution in [3.05, 3.63) is 0 Å². The van der Waals surface area contributed by atoms with Crippen molar-refractivity contribution < 1.29 is 0 Å². The Labute approximate surface area is 50.7 Å². The van der Waals surface area contributed by atoms with E-state index in [0.717, 1.165) is 17.6 Å². The summed E-state index contributed by atoms with van der Waals surface area (Å²) in [5.41, 5.74) is 0. The molecule has 0 spiro atoms. The van der Waals surface area contributed by atoms with E-state index in [4.69, 9.17) is 0 Å². The van der Waals surface area contributed by atoms with Gasteiger partial charge in [-0.2, -0.15) is 12.6 Å². The first kappa shape index (κ1) is 5.49. The van der Waals surface area contributed by atoms with Gasteiger partial charge in [-0.15, -0.1) is 0 Å². The van der Waals surface area contributed by atoms with Crippen LogP contribution < -0.4 is 0 Å². The smallest absolute Gasteiger partial charge is 0.00952 e. The van der Waals surface area contributed by atoms with Gasteiger partial charge in [-0.1, -0.05) is 6.92 Å². The summed E-state index contributed by atoms with van der Waals surface area (Å²) in [5, 5.41) is 0. The van der Waals surface area contributed by atoms with E-state index in [1.807, 2.05) is 0 Å². The van der Waals surface area contributed by atoms with Gasteiger partial charge < -0.3 is 0 Å². The lowest BCUT2D eigenvalue weighted by atomic mass is 10.3. The fourth-order valence-electron chi connectivity index (χ4n) is 0.967. The Morgan fingerprint density at radius 1 is 1.71 bits per heavy atom. The summed E-state index contributed by atoms with van der Waals surface area (Å²) in [6, 6.07) is 0. The van der Waals surface area contributed by atoms with Gasteiger partial charge in [0.25, 0.3) is 0 Å². The van der Waals surface area contributed by atoms with E-state index in [1.54, 1.807) is 0 Å². The van der Waals surface area contributed by atoms with Crippen LogP contribution in [0.15, 0.2) is 0 Å². The molecular formula is C6H12S. The normalized spacial score (nSPS) is 38.6. The zero-order valence-electron chi connectivity index (χ0n) is 4.72. The van der Waals surface area contributed by atoms with E-state index >= 15 is 0 Å². The van der Waals surface area contributed by atoms with Gasteiger partial charge in [-0.3, -0.25) is 0 Å². The SMILES string of the molecule is CC1CC1CCS. The molecule has 0 aromatic heterocycles. The van der Waals surface area contributed by atoms with E-state index in [1.165, 1.54) is 12.8 Å². The quantitative estimate of drug-likeness (QED) is 0.524. The molecule has 1 rings (SSSR count). The van der Waals surface area contributed by atoms with Crippen LogP contribution in [0, 0.1) is 11.8 Å². The number of hydrogen-bond acceptors (Lipinski definition) is 1. The van der Waals surface area contributed by atoms with Crippen LogP contribution in [0.5, 0.6) is 0 Å². The maximum atomic E-state index is 4.14. The fourth-order valence-corrected chi connectivity index (χ4v) is 1.30. The maximum Gasteiger partial charge on any atom is -0.00952 e. The molecule has 0 aliphatic heterocycles. The third kappa shape index (κ3) is 1.37. The topological polar surface area (TPSA) is 0 Å². The molecule has 0 heterocycles. The first-order chi connectivity index (χ1) is 3.34. The van der Waals surface area contributed by atoms with Crippen LogP contribution in [-0.2, 0) is 0 Å². The Hall–Kier alpha value is 0.350. The zero-order valence-corrected chi connectivity index (χ0v) is 5.62. The number of rotatable bonds is 2. The molecule has 1 aliphatic carbocycles. The molecule has 1 aliphatic rings. The minimum atomic E-state index is 1.02. The molecule has 0 N–H and O–H groups in total. The highest BCUT2D eigenvalue weighted by atomic mass is 32.1. The van der Waals surface area contributed by atoms with Crippen molar-refractivity contribution in [3.63, 3.8) is 0 Å². The third-order valence-electron chi connectivity index (χ3n) is 1.78. The minimum Gasteiger partial charge on any atom is -0.179 e. The molecule has 0 saturated heterocycles. The van der Waals surface area contributed by atoms with E-state index < -0.39 is 0 Å². The predicted molar refractivity (Wildman–Crippen MR) is 35.7 cm³/mol. The molecule has 0 nitrogen and oxygen atoms in total. The van der Waals surface area contributed by atoms with Crippen molar-refractivity contribution >= 4 is 12.6 Å². The van der Waals surface area contributed by atoms with Crippen LogP contribution in [0.2, 0.25) is 0 Å². The average Bonchev–Trinajstić information content (AvgIpc) is 2.22. The van der Waals surface area contributed by atoms with Crippen molar-refractivity contribution in [2.45, 2.75) is 19.8 Å². The molecule has 2 unspecified atom stereocenters. The van der Waals surface area contributed by atoms with Crippen LogP contribution in [0.1, 0.15) is 19.8 Å². The lowest BCUT2D eigenvalue weighted by Crippen LogP contribution is -1.78. The second-order valence-corrected chi connectivity index (χ2v) is 2.93. The van der Waals surface area contributed by atoms with Gasteiger partial charge in [0.15, 0.2) is 0 Å². The van der Waals surface area contributed by atoms with Crippen molar-refractivity contribution in [3.8, 4) is 0 Å². The Morgan fingerprint density at radius 2 is 2.29 bits per heavy atom. The third-order valence-corrected chi connectivity index (χ3v) is 2.03. The molecule has 7 heavy (non-hydrogen) atoms. The monoisotopic (exact) mass is 116 g/mol. The van der Waals surface area contributed by atoms with Gasteiger partial charge in [-0.25, -0.2) is 0 Å². The highest BCUT2D eigenvalue weighted by molar-refractivity contribution is 7.80. The van der Waals surface area contributed by atoms with Gasteiger partial charge in [0.2, 0.25) is 0 Å². The van der Waals surface area contributed by atoms with Crippen molar-refractivity contribution in [2.75, 3.05) is 5.75 Å². The van der Waals surface area contributed by atoms with Crippen molar-refractivity contribution in [2.24, 2.45) is 11.8 Å². The molecule has 0 bridgehead atoms. The standard InChI is InChI=1S/C6H12S/c1-5-4-6(5)2-3-7/h5-7H,2-4H2,1H3. The molecule has 2 atom stereocenters. The first-order valence-corrected chi connectivity index (χ1v) is 3.58. The lowest BCUT2D eigenvalue weighted by Gasteiger charge is -1.86. The van der Waals surface area contributed by atoms with E-state index in [9.17, 15) is 0 Å². The van der Waals surface area contributed by atoms with Crippen molar-refractivity contribution in [1.29, 1.82) is 0 Å². The van der Waals surface area contributed by atoms with Gasteiger partial charge in [0.1, 0.15) is 0 Å². The molecule has 1 heteroatoms. The summed E-state index contributed by atoms with van der Waals surface area (Å²) in [6.45, 7) is 2.31. The lowest BCUT2D eigenvalue weighted by molar-refractivity contribution is 0.732. The fraction of sp³-hybridized carbons (Fsp3) is 1.00. The van der Waals surface area contributed by atoms with E-state index in [-0.39, 0.29) is 0 Å². The molecule has 0 aromatic rings. The van der Waals surface area contributed by atoms with Gasteiger partial charge >= 0.3 is 0 Å². The molecule has 42 valence electrons. The largest absolute Gasteiger partial charge is 0.179 e. The van der Waals surface area contributed by atoms with Crippen molar-refractivity contribution in [1.82, 2.24) is 0 Å². The predicted octanol–water partition coefficient (Wildman–Crippen LogP) is 1.96. The molecule has 1 saturated carbocycles. The van der Waals surface area contributed by atoms with Gasteiger partial charge in [0, 0.05) is 0 Å². The highest BCUT2D eigenvalue weighted by Gasteiger charge is 2.30. The molecule has 0 amide bonds. The summed E-state index contributed by atoms with van der Waals surface area (Å²) >= 11 is 4.14.